The molecule has 0 aliphatic heterocycles. The molecule has 0 amide bonds. The topological polar surface area (TPSA) is 54.0 Å². The lowest BCUT2D eigenvalue weighted by Gasteiger charge is -2.14. The standard InChI is InChI=1S/C32H30O5/c1-34-27-15-18-32(36-3)28(21-27)29(33)16-13-24-14-17-30(35-2)26(20-24)22-37-31-12-8-7-11-25(31)19-23-9-5-4-6-10-23/h4-18,20-21H,19,22H2,1-3H3/b16-13+. The van der Waals surface area contributed by atoms with Gasteiger partial charge in [-0.3, -0.25) is 4.79 Å². The van der Waals surface area contributed by atoms with E-state index in [9.17, 15) is 4.79 Å². The second-order valence-corrected chi connectivity index (χ2v) is 8.39. The summed E-state index contributed by atoms with van der Waals surface area (Å²) >= 11 is 0. The minimum Gasteiger partial charge on any atom is -0.497 e. The Balaban J connectivity index is 1.51. The highest BCUT2D eigenvalue weighted by Gasteiger charge is 2.12. The van der Waals surface area contributed by atoms with Crippen LogP contribution in [0, 0.1) is 0 Å². The van der Waals surface area contributed by atoms with E-state index in [0.29, 0.717) is 23.7 Å². The lowest BCUT2D eigenvalue weighted by Crippen LogP contribution is -2.02. The number of benzene rings is 4. The van der Waals surface area contributed by atoms with E-state index in [-0.39, 0.29) is 5.78 Å². The number of allylic oxidation sites excluding steroid dienone is 1. The number of rotatable bonds is 11. The molecule has 0 atom stereocenters. The Morgan fingerprint density at radius 3 is 2.19 bits per heavy atom. The van der Waals surface area contributed by atoms with E-state index in [4.69, 9.17) is 18.9 Å². The number of carbonyl (C=O) groups is 1. The Kier molecular flexibility index (Phi) is 8.61. The van der Waals surface area contributed by atoms with Crippen LogP contribution in [0.25, 0.3) is 6.08 Å². The molecule has 0 fully saturated rings. The van der Waals surface area contributed by atoms with Gasteiger partial charge in [-0.25, -0.2) is 0 Å². The molecule has 0 saturated heterocycles. The van der Waals surface area contributed by atoms with Gasteiger partial charge in [0.05, 0.1) is 26.9 Å². The van der Waals surface area contributed by atoms with E-state index in [1.165, 1.54) is 18.7 Å². The monoisotopic (exact) mass is 494 g/mol. The Labute approximate surface area is 217 Å². The second-order valence-electron chi connectivity index (χ2n) is 8.39. The average molecular weight is 495 g/mol. The van der Waals surface area contributed by atoms with Crippen LogP contribution in [-0.4, -0.2) is 27.1 Å². The Bertz CT molecular complexity index is 1380. The van der Waals surface area contributed by atoms with Crippen molar-refractivity contribution in [1.29, 1.82) is 0 Å². The summed E-state index contributed by atoms with van der Waals surface area (Å²) in [5.41, 5.74) is 4.50. The van der Waals surface area contributed by atoms with E-state index >= 15 is 0 Å². The minimum atomic E-state index is -0.181. The van der Waals surface area contributed by atoms with Crippen LogP contribution >= 0.6 is 0 Å². The first-order chi connectivity index (χ1) is 18.1. The summed E-state index contributed by atoms with van der Waals surface area (Å²) in [4.78, 5) is 12.9. The van der Waals surface area contributed by atoms with Gasteiger partial charge in [-0.2, -0.15) is 0 Å². The summed E-state index contributed by atoms with van der Waals surface area (Å²) in [6.07, 6.45) is 4.08. The van der Waals surface area contributed by atoms with Crippen molar-refractivity contribution in [3.63, 3.8) is 0 Å². The van der Waals surface area contributed by atoms with Gasteiger partial charge >= 0.3 is 0 Å². The molecule has 5 heteroatoms. The van der Waals surface area contributed by atoms with Crippen LogP contribution in [0.5, 0.6) is 23.0 Å². The van der Waals surface area contributed by atoms with E-state index in [2.05, 4.69) is 18.2 Å². The molecular weight excluding hydrogens is 464 g/mol. The summed E-state index contributed by atoms with van der Waals surface area (Å²) in [6, 6.07) is 29.3. The van der Waals surface area contributed by atoms with Crippen LogP contribution in [-0.2, 0) is 13.0 Å². The summed E-state index contributed by atoms with van der Waals surface area (Å²) in [5.74, 6) is 2.45. The molecule has 4 rings (SSSR count). The van der Waals surface area contributed by atoms with Crippen molar-refractivity contribution in [2.24, 2.45) is 0 Å². The van der Waals surface area contributed by atoms with E-state index < -0.39 is 0 Å². The van der Waals surface area contributed by atoms with Gasteiger partial charge in [-0.1, -0.05) is 60.7 Å². The number of ether oxygens (including phenoxy) is 4. The molecule has 0 aromatic heterocycles. The molecular formula is C32H30O5. The van der Waals surface area contributed by atoms with E-state index in [1.54, 1.807) is 38.5 Å². The lowest BCUT2D eigenvalue weighted by atomic mass is 10.0. The fourth-order valence-corrected chi connectivity index (χ4v) is 4.05. The van der Waals surface area contributed by atoms with Gasteiger partial charge in [0, 0.05) is 12.0 Å². The highest BCUT2D eigenvalue weighted by atomic mass is 16.5. The van der Waals surface area contributed by atoms with Gasteiger partial charge in [0.2, 0.25) is 0 Å². The third-order valence-corrected chi connectivity index (χ3v) is 6.00. The van der Waals surface area contributed by atoms with Crippen molar-refractivity contribution in [3.05, 3.63) is 125 Å². The highest BCUT2D eigenvalue weighted by Crippen LogP contribution is 2.27. The molecule has 4 aromatic carbocycles. The van der Waals surface area contributed by atoms with Crippen molar-refractivity contribution in [2.75, 3.05) is 21.3 Å². The molecule has 37 heavy (non-hydrogen) atoms. The molecule has 188 valence electrons. The van der Waals surface area contributed by atoms with Crippen LogP contribution in [0.2, 0.25) is 0 Å². The van der Waals surface area contributed by atoms with Gasteiger partial charge in [0.1, 0.15) is 29.6 Å². The van der Waals surface area contributed by atoms with Gasteiger partial charge < -0.3 is 18.9 Å². The zero-order valence-electron chi connectivity index (χ0n) is 21.3. The summed E-state index contributed by atoms with van der Waals surface area (Å²) < 4.78 is 22.4. The first-order valence-electron chi connectivity index (χ1n) is 12.0. The van der Waals surface area contributed by atoms with E-state index in [1.807, 2.05) is 54.6 Å². The normalized spacial score (nSPS) is 10.8. The Hall–Kier alpha value is -4.51. The second kappa shape index (κ2) is 12.5. The van der Waals surface area contributed by atoms with Crippen molar-refractivity contribution in [1.82, 2.24) is 0 Å². The van der Waals surface area contributed by atoms with Crippen molar-refractivity contribution >= 4 is 11.9 Å². The predicted molar refractivity (Wildman–Crippen MR) is 146 cm³/mol. The largest absolute Gasteiger partial charge is 0.497 e. The van der Waals surface area contributed by atoms with Gasteiger partial charge in [-0.05, 0) is 59.2 Å². The Morgan fingerprint density at radius 1 is 0.703 bits per heavy atom. The molecule has 0 bridgehead atoms. The number of ketones is 1. The average Bonchev–Trinajstić information content (AvgIpc) is 2.95. The van der Waals surface area contributed by atoms with E-state index in [0.717, 1.165) is 34.6 Å². The number of para-hydroxylation sites is 1. The molecule has 0 aliphatic carbocycles. The van der Waals surface area contributed by atoms with Crippen molar-refractivity contribution in [3.8, 4) is 23.0 Å². The van der Waals surface area contributed by atoms with Crippen LogP contribution in [0.15, 0.2) is 97.1 Å². The maximum atomic E-state index is 12.9. The first-order valence-corrected chi connectivity index (χ1v) is 12.0. The quantitative estimate of drug-likeness (QED) is 0.170. The SMILES string of the molecule is COc1ccc(OC)c(C(=O)/C=C/c2ccc(OC)c(COc3ccccc3Cc3ccccc3)c2)c1. The van der Waals surface area contributed by atoms with Crippen LogP contribution in [0.1, 0.15) is 32.6 Å². The van der Waals surface area contributed by atoms with Crippen molar-refractivity contribution in [2.45, 2.75) is 13.0 Å². The molecule has 4 aromatic rings. The predicted octanol–water partition coefficient (Wildman–Crippen LogP) is 6.78. The summed E-state index contributed by atoms with van der Waals surface area (Å²) in [7, 11) is 4.74. The molecule has 0 heterocycles. The summed E-state index contributed by atoms with van der Waals surface area (Å²) in [5, 5.41) is 0. The molecule has 0 spiro atoms. The molecule has 0 radical (unpaired) electrons. The smallest absolute Gasteiger partial charge is 0.189 e. The minimum absolute atomic E-state index is 0.181. The molecule has 0 unspecified atom stereocenters. The molecule has 0 N–H and O–H groups in total. The number of hydrogen-bond acceptors (Lipinski definition) is 5. The third-order valence-electron chi connectivity index (χ3n) is 6.00. The van der Waals surface area contributed by atoms with Crippen LogP contribution < -0.4 is 18.9 Å². The molecule has 0 saturated carbocycles. The number of carbonyl (C=O) groups excluding carboxylic acids is 1. The Morgan fingerprint density at radius 2 is 1.43 bits per heavy atom. The molecule has 0 aliphatic rings. The fraction of sp³-hybridized carbons (Fsp3) is 0.156. The van der Waals surface area contributed by atoms with Gasteiger partial charge in [0.25, 0.3) is 0 Å². The summed E-state index contributed by atoms with van der Waals surface area (Å²) in [6.45, 7) is 0.328. The zero-order valence-corrected chi connectivity index (χ0v) is 21.3. The van der Waals surface area contributed by atoms with Gasteiger partial charge in [0.15, 0.2) is 5.78 Å². The zero-order chi connectivity index (χ0) is 26.0. The van der Waals surface area contributed by atoms with Crippen molar-refractivity contribution < 1.29 is 23.7 Å². The van der Waals surface area contributed by atoms with Crippen LogP contribution in [0.3, 0.4) is 0 Å². The third kappa shape index (κ3) is 6.58. The molecule has 5 nitrogen and oxygen atoms in total. The van der Waals surface area contributed by atoms with Crippen LogP contribution in [0.4, 0.5) is 0 Å². The van der Waals surface area contributed by atoms with Gasteiger partial charge in [-0.15, -0.1) is 0 Å². The maximum Gasteiger partial charge on any atom is 0.189 e. The number of hydrogen-bond donors (Lipinski definition) is 0. The first kappa shape index (κ1) is 25.6. The fourth-order valence-electron chi connectivity index (χ4n) is 4.05. The maximum absolute atomic E-state index is 12.9. The number of methoxy groups -OCH3 is 3. The lowest BCUT2D eigenvalue weighted by molar-refractivity contribution is 0.104. The highest BCUT2D eigenvalue weighted by molar-refractivity contribution is 6.08.